The first-order valence-electron chi connectivity index (χ1n) is 7.38. The van der Waals surface area contributed by atoms with Gasteiger partial charge in [0.1, 0.15) is 0 Å². The summed E-state index contributed by atoms with van der Waals surface area (Å²) in [5, 5.41) is 0. The molecule has 0 aromatic carbocycles. The van der Waals surface area contributed by atoms with Crippen molar-refractivity contribution in [2.24, 2.45) is 5.92 Å². The van der Waals surface area contributed by atoms with E-state index in [1.165, 1.54) is 12.8 Å². The van der Waals surface area contributed by atoms with E-state index in [9.17, 15) is 0 Å². The molecule has 0 radical (unpaired) electrons. The molecule has 2 heterocycles. The van der Waals surface area contributed by atoms with Crippen molar-refractivity contribution in [2.45, 2.75) is 58.2 Å². The fourth-order valence-corrected chi connectivity index (χ4v) is 2.40. The number of nitrogens with zero attached hydrogens (tertiary/aromatic N) is 1. The van der Waals surface area contributed by atoms with Crippen LogP contribution >= 0.6 is 0 Å². The molecule has 1 saturated heterocycles. The highest BCUT2D eigenvalue weighted by Crippen LogP contribution is 2.37. The summed E-state index contributed by atoms with van der Waals surface area (Å²) >= 11 is 0. The highest BCUT2D eigenvalue weighted by molar-refractivity contribution is 6.62. The SMILES string of the molecule is CC1(C)OB(c2cnc(CC3CC3)c(N)c2)OC1(C)C. The molecule has 20 heavy (non-hydrogen) atoms. The summed E-state index contributed by atoms with van der Waals surface area (Å²) < 4.78 is 12.0. The molecule has 1 aliphatic carbocycles. The molecule has 108 valence electrons. The maximum Gasteiger partial charge on any atom is 0.496 e. The van der Waals surface area contributed by atoms with Crippen LogP contribution in [-0.2, 0) is 15.7 Å². The first kappa shape index (κ1) is 13.9. The van der Waals surface area contributed by atoms with Gasteiger partial charge < -0.3 is 15.0 Å². The standard InChI is InChI=1S/C15H23BN2O2/c1-14(2)15(3,4)20-16(19-14)11-8-12(17)13(18-9-11)7-10-5-6-10/h8-10H,5-7,17H2,1-4H3. The smallest absolute Gasteiger partial charge is 0.399 e. The van der Waals surface area contributed by atoms with E-state index >= 15 is 0 Å². The molecule has 0 amide bonds. The summed E-state index contributed by atoms with van der Waals surface area (Å²) in [6, 6.07) is 1.95. The van der Waals surface area contributed by atoms with Crippen LogP contribution in [0.5, 0.6) is 0 Å². The molecule has 1 aromatic rings. The molecular weight excluding hydrogens is 251 g/mol. The molecule has 5 heteroatoms. The van der Waals surface area contributed by atoms with Gasteiger partial charge in [-0.25, -0.2) is 0 Å². The van der Waals surface area contributed by atoms with Crippen LogP contribution in [0.1, 0.15) is 46.2 Å². The second-order valence-corrected chi connectivity index (χ2v) is 7.04. The summed E-state index contributed by atoms with van der Waals surface area (Å²) in [4.78, 5) is 4.51. The van der Waals surface area contributed by atoms with Crippen molar-refractivity contribution in [3.63, 3.8) is 0 Å². The van der Waals surface area contributed by atoms with E-state index in [1.54, 1.807) is 0 Å². The summed E-state index contributed by atoms with van der Waals surface area (Å²) in [6.07, 6.45) is 5.45. The number of rotatable bonds is 3. The lowest BCUT2D eigenvalue weighted by atomic mass is 9.80. The van der Waals surface area contributed by atoms with Crippen LogP contribution in [0, 0.1) is 5.92 Å². The first-order valence-corrected chi connectivity index (χ1v) is 7.38. The summed E-state index contributed by atoms with van der Waals surface area (Å²) in [6.45, 7) is 8.19. The minimum Gasteiger partial charge on any atom is -0.399 e. The van der Waals surface area contributed by atoms with Crippen molar-refractivity contribution in [1.82, 2.24) is 4.98 Å². The van der Waals surface area contributed by atoms with Gasteiger partial charge in [0, 0.05) is 11.7 Å². The van der Waals surface area contributed by atoms with Crippen molar-refractivity contribution < 1.29 is 9.31 Å². The van der Waals surface area contributed by atoms with Crippen LogP contribution in [0.4, 0.5) is 5.69 Å². The molecule has 1 saturated carbocycles. The number of nitrogen functional groups attached to an aromatic ring is 1. The lowest BCUT2D eigenvalue weighted by molar-refractivity contribution is 0.00578. The van der Waals surface area contributed by atoms with Gasteiger partial charge in [-0.1, -0.05) is 0 Å². The lowest BCUT2D eigenvalue weighted by Gasteiger charge is -2.32. The van der Waals surface area contributed by atoms with Crippen molar-refractivity contribution >= 4 is 18.3 Å². The molecular formula is C15H23BN2O2. The largest absolute Gasteiger partial charge is 0.496 e. The molecule has 1 aliphatic heterocycles. The fraction of sp³-hybridized carbons (Fsp3) is 0.667. The second kappa shape index (κ2) is 4.47. The van der Waals surface area contributed by atoms with Crippen LogP contribution in [0.2, 0.25) is 0 Å². The molecule has 2 aliphatic rings. The third-order valence-corrected chi connectivity index (χ3v) is 4.73. The average molecular weight is 274 g/mol. The minimum atomic E-state index is -0.384. The van der Waals surface area contributed by atoms with Crippen molar-refractivity contribution in [1.29, 1.82) is 0 Å². The topological polar surface area (TPSA) is 57.4 Å². The number of anilines is 1. The Balaban J connectivity index is 1.79. The van der Waals surface area contributed by atoms with Gasteiger partial charge in [-0.15, -0.1) is 0 Å². The van der Waals surface area contributed by atoms with Crippen molar-refractivity contribution in [2.75, 3.05) is 5.73 Å². The van der Waals surface area contributed by atoms with Gasteiger partial charge in [0.15, 0.2) is 0 Å². The minimum absolute atomic E-state index is 0.334. The molecule has 0 atom stereocenters. The Morgan fingerprint density at radius 2 is 1.85 bits per heavy atom. The van der Waals surface area contributed by atoms with Crippen LogP contribution in [0.25, 0.3) is 0 Å². The normalized spacial score (nSPS) is 24.1. The highest BCUT2D eigenvalue weighted by atomic mass is 16.7. The summed E-state index contributed by atoms with van der Waals surface area (Å²) in [7, 11) is -0.384. The van der Waals surface area contributed by atoms with E-state index in [2.05, 4.69) is 4.98 Å². The zero-order valence-corrected chi connectivity index (χ0v) is 12.8. The van der Waals surface area contributed by atoms with E-state index in [1.807, 2.05) is 40.0 Å². The first-order chi connectivity index (χ1) is 9.28. The third-order valence-electron chi connectivity index (χ3n) is 4.73. The molecule has 1 aromatic heterocycles. The number of hydrogen-bond donors (Lipinski definition) is 1. The van der Waals surface area contributed by atoms with Gasteiger partial charge >= 0.3 is 7.12 Å². The fourth-order valence-electron chi connectivity index (χ4n) is 2.40. The van der Waals surface area contributed by atoms with E-state index in [4.69, 9.17) is 15.0 Å². The molecule has 4 nitrogen and oxygen atoms in total. The van der Waals surface area contributed by atoms with Gasteiger partial charge in [-0.3, -0.25) is 4.98 Å². The highest BCUT2D eigenvalue weighted by Gasteiger charge is 2.51. The van der Waals surface area contributed by atoms with E-state index < -0.39 is 0 Å². The average Bonchev–Trinajstić information content (AvgIpc) is 3.10. The Bertz CT molecular complexity index is 511. The second-order valence-electron chi connectivity index (χ2n) is 7.04. The Hall–Kier alpha value is -1.07. The number of hydrogen-bond acceptors (Lipinski definition) is 4. The van der Waals surface area contributed by atoms with Crippen LogP contribution < -0.4 is 11.2 Å². The number of aromatic nitrogens is 1. The van der Waals surface area contributed by atoms with Crippen LogP contribution in [0.3, 0.4) is 0 Å². The Morgan fingerprint density at radius 3 is 2.35 bits per heavy atom. The van der Waals surface area contributed by atoms with Crippen LogP contribution in [0.15, 0.2) is 12.3 Å². The third kappa shape index (κ3) is 2.45. The molecule has 0 spiro atoms. The number of nitrogens with two attached hydrogens (primary N) is 1. The van der Waals surface area contributed by atoms with Crippen LogP contribution in [-0.4, -0.2) is 23.3 Å². The maximum atomic E-state index is 6.13. The zero-order chi connectivity index (χ0) is 14.5. The Labute approximate surface area is 121 Å². The molecule has 0 bridgehead atoms. The van der Waals surface area contributed by atoms with E-state index in [-0.39, 0.29) is 18.3 Å². The Kier molecular flexibility index (Phi) is 3.10. The molecule has 3 rings (SSSR count). The van der Waals surface area contributed by atoms with Gasteiger partial charge in [0.05, 0.1) is 22.6 Å². The monoisotopic (exact) mass is 274 g/mol. The van der Waals surface area contributed by atoms with Gasteiger partial charge in [-0.2, -0.15) is 0 Å². The van der Waals surface area contributed by atoms with Gasteiger partial charge in [-0.05, 0) is 58.9 Å². The molecule has 2 N–H and O–H groups in total. The van der Waals surface area contributed by atoms with Crippen molar-refractivity contribution in [3.8, 4) is 0 Å². The Morgan fingerprint density at radius 1 is 1.25 bits per heavy atom. The quantitative estimate of drug-likeness (QED) is 0.855. The van der Waals surface area contributed by atoms with Gasteiger partial charge in [0.2, 0.25) is 0 Å². The van der Waals surface area contributed by atoms with E-state index in [0.29, 0.717) is 0 Å². The van der Waals surface area contributed by atoms with Gasteiger partial charge in [0.25, 0.3) is 0 Å². The molecule has 0 unspecified atom stereocenters. The summed E-state index contributed by atoms with van der Waals surface area (Å²) in [5.74, 6) is 0.785. The zero-order valence-electron chi connectivity index (χ0n) is 12.8. The summed E-state index contributed by atoms with van der Waals surface area (Å²) in [5.41, 5.74) is 8.12. The predicted octanol–water partition coefficient (Wildman–Crippen LogP) is 1.92. The predicted molar refractivity (Wildman–Crippen MR) is 80.8 cm³/mol. The lowest BCUT2D eigenvalue weighted by Crippen LogP contribution is -2.41. The number of pyridine rings is 1. The van der Waals surface area contributed by atoms with E-state index in [0.717, 1.165) is 29.2 Å². The van der Waals surface area contributed by atoms with Crippen molar-refractivity contribution in [3.05, 3.63) is 18.0 Å². The maximum absolute atomic E-state index is 6.13. The molecule has 2 fully saturated rings.